The number of nitrogens with two attached hydrogens (primary N) is 1. The number of nitrogens with zero attached hydrogens (tertiary/aromatic N) is 2. The van der Waals surface area contributed by atoms with Crippen molar-refractivity contribution in [3.8, 4) is 0 Å². The molecular formula is C15H23N3. The molecule has 2 N–H and O–H groups in total. The van der Waals surface area contributed by atoms with E-state index in [1.807, 2.05) is 0 Å². The van der Waals surface area contributed by atoms with E-state index in [0.29, 0.717) is 12.5 Å². The second-order valence-corrected chi connectivity index (χ2v) is 5.36. The molecule has 0 unspecified atom stereocenters. The van der Waals surface area contributed by atoms with Crippen molar-refractivity contribution < 1.29 is 0 Å². The third-order valence-corrected chi connectivity index (χ3v) is 3.48. The van der Waals surface area contributed by atoms with Gasteiger partial charge in [0.15, 0.2) is 0 Å². The highest BCUT2D eigenvalue weighted by molar-refractivity contribution is 5.45. The number of hydrogen-bond donors (Lipinski definition) is 1. The average molecular weight is 245 g/mol. The van der Waals surface area contributed by atoms with E-state index in [1.54, 1.807) is 0 Å². The molecule has 0 saturated carbocycles. The summed E-state index contributed by atoms with van der Waals surface area (Å²) in [5.74, 6) is 1.52. The Morgan fingerprint density at radius 1 is 1.39 bits per heavy atom. The molecule has 0 radical (unpaired) electrons. The Kier molecular flexibility index (Phi) is 4.02. The van der Waals surface area contributed by atoms with Gasteiger partial charge in [-0.15, -0.1) is 0 Å². The Labute approximate surface area is 110 Å². The summed E-state index contributed by atoms with van der Waals surface area (Å²) in [5, 5.41) is 0. The van der Waals surface area contributed by atoms with Gasteiger partial charge in [-0.25, -0.2) is 4.98 Å². The summed E-state index contributed by atoms with van der Waals surface area (Å²) in [6.07, 6.45) is 3.42. The molecule has 0 fully saturated rings. The van der Waals surface area contributed by atoms with Crippen LogP contribution in [0.25, 0.3) is 0 Å². The van der Waals surface area contributed by atoms with Crippen molar-refractivity contribution in [3.63, 3.8) is 0 Å². The van der Waals surface area contributed by atoms with Gasteiger partial charge < -0.3 is 10.6 Å². The van der Waals surface area contributed by atoms with Crippen molar-refractivity contribution >= 4 is 5.82 Å². The van der Waals surface area contributed by atoms with Crippen LogP contribution in [0.4, 0.5) is 5.82 Å². The van der Waals surface area contributed by atoms with Crippen LogP contribution >= 0.6 is 0 Å². The van der Waals surface area contributed by atoms with Gasteiger partial charge in [0.2, 0.25) is 0 Å². The monoisotopic (exact) mass is 245 g/mol. The highest BCUT2D eigenvalue weighted by Crippen LogP contribution is 2.22. The number of aromatic nitrogens is 1. The van der Waals surface area contributed by atoms with E-state index in [0.717, 1.165) is 31.0 Å². The summed E-state index contributed by atoms with van der Waals surface area (Å²) < 4.78 is 0. The minimum atomic E-state index is 0.442. The maximum Gasteiger partial charge on any atom is 0.129 e. The number of hydrogen-bond acceptors (Lipinski definition) is 3. The third-order valence-electron chi connectivity index (χ3n) is 3.48. The van der Waals surface area contributed by atoms with E-state index in [2.05, 4.69) is 43.9 Å². The quantitative estimate of drug-likeness (QED) is 0.833. The van der Waals surface area contributed by atoms with Crippen LogP contribution in [0.2, 0.25) is 0 Å². The zero-order valence-electron chi connectivity index (χ0n) is 11.6. The predicted octanol–water partition coefficient (Wildman–Crippen LogP) is 2.82. The standard InChI is InChI=1S/C15H23N3/c1-11(2)14-8-13(10-16)9-15(17-14)18-6-4-12(3)5-7-18/h4,8-9,11H,5-7,10,16H2,1-3H3. The van der Waals surface area contributed by atoms with Gasteiger partial charge >= 0.3 is 0 Å². The molecule has 0 spiro atoms. The van der Waals surface area contributed by atoms with Crippen LogP contribution in [0, 0.1) is 0 Å². The average Bonchev–Trinajstić information content (AvgIpc) is 2.39. The van der Waals surface area contributed by atoms with Gasteiger partial charge in [-0.3, -0.25) is 0 Å². The number of rotatable bonds is 3. The summed E-state index contributed by atoms with van der Waals surface area (Å²) in [6, 6.07) is 4.25. The van der Waals surface area contributed by atoms with Crippen molar-refractivity contribution in [2.24, 2.45) is 5.73 Å². The van der Waals surface area contributed by atoms with Gasteiger partial charge in [0.25, 0.3) is 0 Å². The van der Waals surface area contributed by atoms with Crippen molar-refractivity contribution in [3.05, 3.63) is 35.0 Å². The van der Waals surface area contributed by atoms with Gasteiger partial charge in [-0.05, 0) is 37.0 Å². The first-order chi connectivity index (χ1) is 8.60. The summed E-state index contributed by atoms with van der Waals surface area (Å²) >= 11 is 0. The first-order valence-electron chi connectivity index (χ1n) is 6.71. The molecule has 1 aliphatic heterocycles. The maximum atomic E-state index is 5.78. The molecule has 2 heterocycles. The summed E-state index contributed by atoms with van der Waals surface area (Å²) in [5.41, 5.74) is 9.57. The van der Waals surface area contributed by atoms with E-state index in [4.69, 9.17) is 10.7 Å². The Balaban J connectivity index is 2.29. The van der Waals surface area contributed by atoms with E-state index in [9.17, 15) is 0 Å². The van der Waals surface area contributed by atoms with Gasteiger partial charge in [0.05, 0.1) is 0 Å². The zero-order valence-corrected chi connectivity index (χ0v) is 11.6. The molecule has 2 rings (SSSR count). The molecule has 18 heavy (non-hydrogen) atoms. The minimum Gasteiger partial charge on any atom is -0.353 e. The molecule has 3 nitrogen and oxygen atoms in total. The van der Waals surface area contributed by atoms with Crippen LogP contribution in [0.3, 0.4) is 0 Å². The molecule has 0 aromatic carbocycles. The van der Waals surface area contributed by atoms with Crippen LogP contribution in [-0.2, 0) is 6.54 Å². The highest BCUT2D eigenvalue weighted by Gasteiger charge is 2.14. The fraction of sp³-hybridized carbons (Fsp3) is 0.533. The third kappa shape index (κ3) is 2.91. The van der Waals surface area contributed by atoms with E-state index in [-0.39, 0.29) is 0 Å². The van der Waals surface area contributed by atoms with Crippen molar-refractivity contribution in [2.75, 3.05) is 18.0 Å². The molecule has 1 aromatic heterocycles. The van der Waals surface area contributed by atoms with Crippen LogP contribution < -0.4 is 10.6 Å². The molecule has 3 heteroatoms. The van der Waals surface area contributed by atoms with Crippen molar-refractivity contribution in [1.82, 2.24) is 4.98 Å². The van der Waals surface area contributed by atoms with Gasteiger partial charge in [0, 0.05) is 25.3 Å². The highest BCUT2D eigenvalue weighted by atomic mass is 15.2. The zero-order chi connectivity index (χ0) is 13.1. The summed E-state index contributed by atoms with van der Waals surface area (Å²) in [7, 11) is 0. The normalized spacial score (nSPS) is 16.1. The molecule has 0 amide bonds. The number of anilines is 1. The first-order valence-corrected chi connectivity index (χ1v) is 6.71. The fourth-order valence-electron chi connectivity index (χ4n) is 2.15. The molecule has 98 valence electrons. The maximum absolute atomic E-state index is 5.78. The smallest absolute Gasteiger partial charge is 0.129 e. The lowest BCUT2D eigenvalue weighted by Gasteiger charge is -2.27. The molecule has 0 saturated heterocycles. The summed E-state index contributed by atoms with van der Waals surface area (Å²) in [6.45, 7) is 9.14. The Bertz CT molecular complexity index is 449. The second-order valence-electron chi connectivity index (χ2n) is 5.36. The second kappa shape index (κ2) is 5.53. The van der Waals surface area contributed by atoms with E-state index < -0.39 is 0 Å². The topological polar surface area (TPSA) is 42.1 Å². The molecule has 0 aliphatic carbocycles. The largest absolute Gasteiger partial charge is 0.353 e. The van der Waals surface area contributed by atoms with Crippen LogP contribution in [0.5, 0.6) is 0 Å². The summed E-state index contributed by atoms with van der Waals surface area (Å²) in [4.78, 5) is 7.10. The molecule has 0 bridgehead atoms. The van der Waals surface area contributed by atoms with Gasteiger partial charge in [-0.2, -0.15) is 0 Å². The fourth-order valence-corrected chi connectivity index (χ4v) is 2.15. The Morgan fingerprint density at radius 3 is 2.72 bits per heavy atom. The molecule has 1 aliphatic rings. The van der Waals surface area contributed by atoms with Crippen LogP contribution in [0.15, 0.2) is 23.8 Å². The van der Waals surface area contributed by atoms with Gasteiger partial charge in [0.1, 0.15) is 5.82 Å². The van der Waals surface area contributed by atoms with Crippen molar-refractivity contribution in [1.29, 1.82) is 0 Å². The number of pyridine rings is 1. The lowest BCUT2D eigenvalue weighted by Crippen LogP contribution is -2.29. The Hall–Kier alpha value is -1.35. The first kappa shape index (κ1) is 13.1. The predicted molar refractivity (Wildman–Crippen MR) is 76.8 cm³/mol. The van der Waals surface area contributed by atoms with Crippen LogP contribution in [0.1, 0.15) is 44.4 Å². The Morgan fingerprint density at radius 2 is 2.17 bits per heavy atom. The SMILES string of the molecule is CC1=CCN(c2cc(CN)cc(C(C)C)n2)CC1. The molecular weight excluding hydrogens is 222 g/mol. The van der Waals surface area contributed by atoms with Crippen molar-refractivity contribution in [2.45, 2.75) is 39.7 Å². The van der Waals surface area contributed by atoms with E-state index in [1.165, 1.54) is 11.1 Å². The minimum absolute atomic E-state index is 0.442. The van der Waals surface area contributed by atoms with Crippen LogP contribution in [-0.4, -0.2) is 18.1 Å². The molecule has 1 aromatic rings. The lowest BCUT2D eigenvalue weighted by molar-refractivity contribution is 0.755. The van der Waals surface area contributed by atoms with Gasteiger partial charge in [-0.1, -0.05) is 25.5 Å². The lowest BCUT2D eigenvalue weighted by atomic mass is 10.1. The molecule has 0 atom stereocenters. The van der Waals surface area contributed by atoms with E-state index >= 15 is 0 Å².